The highest BCUT2D eigenvalue weighted by Gasteiger charge is 2.20. The maximum atomic E-state index is 9.92. The van der Waals surface area contributed by atoms with E-state index in [1.54, 1.807) is 25.6 Å². The van der Waals surface area contributed by atoms with Gasteiger partial charge in [-0.15, -0.1) is 11.8 Å². The van der Waals surface area contributed by atoms with Gasteiger partial charge in [0.25, 0.3) is 0 Å². The third kappa shape index (κ3) is 4.44. The molecule has 0 atom stereocenters. The van der Waals surface area contributed by atoms with Crippen LogP contribution in [0.1, 0.15) is 26.3 Å². The number of amidine groups is 1. The monoisotopic (exact) mass is 281 g/mol. The van der Waals surface area contributed by atoms with Crippen LogP contribution in [0.5, 0.6) is 0 Å². The molecule has 0 aliphatic heterocycles. The van der Waals surface area contributed by atoms with E-state index in [1.165, 1.54) is 0 Å². The number of hydrogen-bond acceptors (Lipinski definition) is 4. The number of nitrogen functional groups attached to an aromatic ring is 1. The molecular weight excluding hydrogens is 258 g/mol. The van der Waals surface area contributed by atoms with Gasteiger partial charge >= 0.3 is 0 Å². The molecule has 0 aliphatic carbocycles. The van der Waals surface area contributed by atoms with E-state index in [4.69, 9.17) is 11.1 Å². The van der Waals surface area contributed by atoms with Crippen molar-refractivity contribution in [3.8, 4) is 0 Å². The average molecular weight is 281 g/mol. The number of nitrogens with two attached hydrogens (primary N) is 1. The van der Waals surface area contributed by atoms with E-state index < -0.39 is 5.60 Å². The molecule has 0 fully saturated rings. The third-order valence-corrected chi connectivity index (χ3v) is 3.55. The Morgan fingerprint density at radius 1 is 1.47 bits per heavy atom. The normalized spacial score (nSPS) is 11.4. The van der Waals surface area contributed by atoms with Gasteiger partial charge in [0.05, 0.1) is 11.2 Å². The van der Waals surface area contributed by atoms with Crippen LogP contribution in [0.15, 0.2) is 23.1 Å². The van der Waals surface area contributed by atoms with Crippen LogP contribution in [0.3, 0.4) is 0 Å². The van der Waals surface area contributed by atoms with Crippen LogP contribution in [0, 0.1) is 5.41 Å². The summed E-state index contributed by atoms with van der Waals surface area (Å²) in [6, 6.07) is 5.87. The third-order valence-electron chi connectivity index (χ3n) is 2.61. The maximum Gasteiger partial charge on any atom is 0.126 e. The molecule has 0 radical (unpaired) electrons. The molecule has 4 nitrogen and oxygen atoms in total. The van der Waals surface area contributed by atoms with E-state index in [0.717, 1.165) is 21.9 Å². The lowest BCUT2D eigenvalue weighted by Crippen LogP contribution is -2.37. The first-order chi connectivity index (χ1) is 8.76. The van der Waals surface area contributed by atoms with Crippen LogP contribution in [-0.2, 0) is 0 Å². The molecular formula is C14H23N3OS. The lowest BCUT2D eigenvalue weighted by Gasteiger charge is -2.29. The van der Waals surface area contributed by atoms with Crippen LogP contribution < -0.4 is 10.6 Å². The van der Waals surface area contributed by atoms with Crippen molar-refractivity contribution < 1.29 is 5.11 Å². The second-order valence-electron chi connectivity index (χ2n) is 5.17. The highest BCUT2D eigenvalue weighted by Crippen LogP contribution is 2.30. The van der Waals surface area contributed by atoms with E-state index in [9.17, 15) is 5.11 Å². The molecule has 0 saturated heterocycles. The Morgan fingerprint density at radius 2 is 2.11 bits per heavy atom. The maximum absolute atomic E-state index is 9.92. The van der Waals surface area contributed by atoms with Crippen molar-refractivity contribution in [2.75, 3.05) is 24.2 Å². The number of nitrogens with one attached hydrogen (secondary N) is 1. The van der Waals surface area contributed by atoms with Gasteiger partial charge in [-0.1, -0.05) is 13.0 Å². The number of rotatable bonds is 6. The smallest absolute Gasteiger partial charge is 0.126 e. The van der Waals surface area contributed by atoms with Crippen LogP contribution in [0.2, 0.25) is 0 Å². The van der Waals surface area contributed by atoms with Gasteiger partial charge in [-0.3, -0.25) is 5.41 Å². The number of likely N-dealkylation sites (N-methyl/N-ethyl adjacent to an activating group) is 1. The first-order valence-corrected chi connectivity index (χ1v) is 7.28. The van der Waals surface area contributed by atoms with Crippen molar-refractivity contribution in [3.05, 3.63) is 23.8 Å². The number of thioether (sulfide) groups is 1. The molecule has 0 amide bonds. The highest BCUT2D eigenvalue weighted by atomic mass is 32.2. The fraction of sp³-hybridized carbons (Fsp3) is 0.500. The highest BCUT2D eigenvalue weighted by molar-refractivity contribution is 7.99. The Morgan fingerprint density at radius 3 is 2.58 bits per heavy atom. The van der Waals surface area contributed by atoms with Crippen LogP contribution in [-0.4, -0.2) is 35.9 Å². The molecule has 0 aromatic heterocycles. The Hall–Kier alpha value is -1.20. The fourth-order valence-electron chi connectivity index (χ4n) is 2.05. The summed E-state index contributed by atoms with van der Waals surface area (Å²) in [5, 5.41) is 17.7. The minimum absolute atomic E-state index is 0.0640. The van der Waals surface area contributed by atoms with Gasteiger partial charge in [-0.05, 0) is 31.7 Å². The van der Waals surface area contributed by atoms with Gasteiger partial charge in [0, 0.05) is 24.2 Å². The fourth-order valence-corrected chi connectivity index (χ4v) is 2.89. The summed E-state index contributed by atoms with van der Waals surface area (Å²) in [7, 11) is 1.90. The van der Waals surface area contributed by atoms with E-state index in [0.29, 0.717) is 6.54 Å². The van der Waals surface area contributed by atoms with Gasteiger partial charge in [-0.2, -0.15) is 0 Å². The summed E-state index contributed by atoms with van der Waals surface area (Å²) < 4.78 is 0. The largest absolute Gasteiger partial charge is 0.389 e. The summed E-state index contributed by atoms with van der Waals surface area (Å²) in [6.07, 6.45) is 0. The average Bonchev–Trinajstić information content (AvgIpc) is 2.26. The lowest BCUT2D eigenvalue weighted by molar-refractivity contribution is 0.0886. The van der Waals surface area contributed by atoms with Crippen molar-refractivity contribution >= 4 is 23.3 Å². The van der Waals surface area contributed by atoms with Gasteiger partial charge in [-0.25, -0.2) is 0 Å². The van der Waals surface area contributed by atoms with Gasteiger partial charge in [0.15, 0.2) is 0 Å². The molecule has 19 heavy (non-hydrogen) atoms. The van der Waals surface area contributed by atoms with Crippen molar-refractivity contribution in [1.82, 2.24) is 0 Å². The molecule has 4 N–H and O–H groups in total. The zero-order valence-corrected chi connectivity index (χ0v) is 12.8. The van der Waals surface area contributed by atoms with Crippen LogP contribution in [0.4, 0.5) is 5.69 Å². The summed E-state index contributed by atoms with van der Waals surface area (Å²) in [5.74, 6) is 0.994. The second-order valence-corrected chi connectivity index (χ2v) is 6.47. The first-order valence-electron chi connectivity index (χ1n) is 6.30. The number of hydrogen-bond donors (Lipinski definition) is 3. The SMILES string of the molecule is CCSc1cccc(N(C)CC(C)(C)O)c1C(=N)N. The van der Waals surface area contributed by atoms with E-state index in [-0.39, 0.29) is 5.84 Å². The predicted octanol–water partition coefficient (Wildman–Crippen LogP) is 2.29. The summed E-state index contributed by atoms with van der Waals surface area (Å²) in [4.78, 5) is 2.95. The van der Waals surface area contributed by atoms with Gasteiger partial charge in [0.1, 0.15) is 5.84 Å². The molecule has 5 heteroatoms. The minimum Gasteiger partial charge on any atom is -0.389 e. The molecule has 1 aromatic rings. The molecule has 1 rings (SSSR count). The molecule has 0 heterocycles. The number of benzene rings is 1. The summed E-state index contributed by atoms with van der Waals surface area (Å²) >= 11 is 1.67. The van der Waals surface area contributed by atoms with E-state index in [1.807, 2.05) is 30.1 Å². The number of nitrogens with zero attached hydrogens (tertiary/aromatic N) is 1. The van der Waals surface area contributed by atoms with Crippen molar-refractivity contribution in [2.45, 2.75) is 31.3 Å². The molecule has 0 spiro atoms. The molecule has 106 valence electrons. The Bertz CT molecular complexity index is 454. The second kappa shape index (κ2) is 6.30. The standard InChI is InChI=1S/C14H23N3OS/c1-5-19-11-8-6-7-10(12(11)13(15)16)17(4)9-14(2,3)18/h6-8,18H,5,9H2,1-4H3,(H3,15,16). The van der Waals surface area contributed by atoms with E-state index in [2.05, 4.69) is 6.92 Å². The Kier molecular flexibility index (Phi) is 5.26. The zero-order chi connectivity index (χ0) is 14.6. The topological polar surface area (TPSA) is 73.3 Å². The van der Waals surface area contributed by atoms with Gasteiger partial charge < -0.3 is 15.7 Å². The molecule has 0 aliphatic rings. The number of anilines is 1. The van der Waals surface area contributed by atoms with Crippen molar-refractivity contribution in [1.29, 1.82) is 5.41 Å². The molecule has 0 unspecified atom stereocenters. The van der Waals surface area contributed by atoms with E-state index >= 15 is 0 Å². The van der Waals surface area contributed by atoms with Crippen molar-refractivity contribution in [3.63, 3.8) is 0 Å². The predicted molar refractivity (Wildman–Crippen MR) is 83.4 cm³/mol. The zero-order valence-electron chi connectivity index (χ0n) is 12.0. The molecule has 0 bridgehead atoms. The Labute approximate surface area is 119 Å². The first kappa shape index (κ1) is 15.9. The summed E-state index contributed by atoms with van der Waals surface area (Å²) in [6.45, 7) is 6.08. The molecule has 0 saturated carbocycles. The minimum atomic E-state index is -0.795. The Balaban J connectivity index is 3.19. The quantitative estimate of drug-likeness (QED) is 0.425. The number of aliphatic hydroxyl groups is 1. The summed E-state index contributed by atoms with van der Waals surface area (Å²) in [5.41, 5.74) is 6.57. The van der Waals surface area contributed by atoms with Gasteiger partial charge in [0.2, 0.25) is 0 Å². The van der Waals surface area contributed by atoms with Crippen molar-refractivity contribution in [2.24, 2.45) is 5.73 Å². The lowest BCUT2D eigenvalue weighted by atomic mass is 10.1. The van der Waals surface area contributed by atoms with Crippen LogP contribution in [0.25, 0.3) is 0 Å². The van der Waals surface area contributed by atoms with Crippen LogP contribution >= 0.6 is 11.8 Å². The molecule has 1 aromatic carbocycles.